The Labute approximate surface area is 326 Å². The maximum Gasteiger partial charge on any atom is 0.337 e. The van der Waals surface area contributed by atoms with Gasteiger partial charge in [-0.05, 0) is 142 Å². The summed E-state index contributed by atoms with van der Waals surface area (Å²) in [5.74, 6) is -0.874. The fourth-order valence-corrected chi connectivity index (χ4v) is 8.24. The van der Waals surface area contributed by atoms with Gasteiger partial charge in [0, 0.05) is 72.5 Å². The molecule has 0 spiro atoms. The van der Waals surface area contributed by atoms with Crippen molar-refractivity contribution in [2.45, 2.75) is 50.4 Å². The van der Waals surface area contributed by atoms with Gasteiger partial charge in [-0.15, -0.1) is 0 Å². The first-order valence-electron chi connectivity index (χ1n) is 18.3. The maximum atomic E-state index is 11.9. The van der Waals surface area contributed by atoms with Crippen molar-refractivity contribution in [3.05, 3.63) is 152 Å². The first kappa shape index (κ1) is 36.0. The lowest BCUT2D eigenvalue weighted by Gasteiger charge is -2.12. The number of benzene rings is 3. The van der Waals surface area contributed by atoms with Crippen LogP contribution in [-0.4, -0.2) is 41.3 Å². The third-order valence-electron chi connectivity index (χ3n) is 10.6. The Kier molecular flexibility index (Phi) is 9.57. The van der Waals surface area contributed by atoms with Crippen LogP contribution in [0.2, 0.25) is 0 Å². The molecule has 55 heavy (non-hydrogen) atoms. The first-order chi connectivity index (χ1) is 26.6. The van der Waals surface area contributed by atoms with Crippen molar-refractivity contribution >= 4 is 49.7 Å². The lowest BCUT2D eigenvalue weighted by Crippen LogP contribution is -2.07. The number of hydrogen-bond acceptors (Lipinski definition) is 5. The summed E-state index contributed by atoms with van der Waals surface area (Å²) in [5, 5.41) is 30.6. The van der Waals surface area contributed by atoms with Gasteiger partial charge in [0.05, 0.1) is 45.2 Å². The zero-order valence-electron chi connectivity index (χ0n) is 30.5. The van der Waals surface area contributed by atoms with E-state index in [2.05, 4.69) is 71.4 Å². The van der Waals surface area contributed by atoms with Gasteiger partial charge >= 0.3 is 11.9 Å². The summed E-state index contributed by atoms with van der Waals surface area (Å²) in [6, 6.07) is 25.8. The summed E-state index contributed by atoms with van der Waals surface area (Å²) >= 11 is 3.62. The highest BCUT2D eigenvalue weighted by atomic mass is 79.9. The monoisotopic (exact) mass is 791 g/mol. The molecule has 2 fully saturated rings. The van der Waals surface area contributed by atoms with Crippen molar-refractivity contribution in [2.75, 3.05) is 0 Å². The molecule has 2 saturated carbocycles. The number of pyridine rings is 2. The second-order valence-electron chi connectivity index (χ2n) is 14.7. The summed E-state index contributed by atoms with van der Waals surface area (Å²) in [6.07, 6.45) is 13.2. The van der Waals surface area contributed by atoms with Crippen molar-refractivity contribution in [3.8, 4) is 17.2 Å². The van der Waals surface area contributed by atoms with Gasteiger partial charge in [-0.3, -0.25) is 9.97 Å². The van der Waals surface area contributed by atoms with E-state index in [-0.39, 0.29) is 5.56 Å². The molecule has 3 aromatic carbocycles. The van der Waals surface area contributed by atoms with Gasteiger partial charge < -0.3 is 19.3 Å². The molecule has 0 atom stereocenters. The summed E-state index contributed by atoms with van der Waals surface area (Å²) in [5.41, 5.74) is 10.9. The van der Waals surface area contributed by atoms with Crippen molar-refractivity contribution in [3.63, 3.8) is 0 Å². The number of carboxylic acids is 2. The standard InChI is InChI=1S/C26H21N3O2.C19H17BrN2O2/c1-29-9-8-20-10-17(11-22(25(20)29)19-4-2-16(14-27)3-5-19)12-24-23(26(30)31)13-21(15-28-24)18-6-7-18;1-22-5-4-13-6-11(7-16(20)18(13)22)8-17-15(19(23)24)9-14(10-21-17)12-2-3-12/h2-5,8-11,13,15,18H,6-7,12H2,1H3,(H,30,31);4-7,9-10,12H,2-3,8H2,1H3,(H,23,24). The van der Waals surface area contributed by atoms with Crippen molar-refractivity contribution in [1.82, 2.24) is 19.1 Å². The van der Waals surface area contributed by atoms with Crippen LogP contribution in [0.4, 0.5) is 0 Å². The number of halogens is 1. The molecule has 4 heterocycles. The first-order valence-corrected chi connectivity index (χ1v) is 19.1. The molecule has 0 bridgehead atoms. The number of hydrogen-bond donors (Lipinski definition) is 2. The largest absolute Gasteiger partial charge is 0.478 e. The van der Waals surface area contributed by atoms with E-state index in [0.717, 1.165) is 85.3 Å². The minimum absolute atomic E-state index is 0.289. The van der Waals surface area contributed by atoms with Crippen LogP contribution < -0.4 is 0 Å². The molecule has 2 aliphatic rings. The smallest absolute Gasteiger partial charge is 0.337 e. The van der Waals surface area contributed by atoms with Gasteiger partial charge in [-0.2, -0.15) is 5.26 Å². The Morgan fingerprint density at radius 1 is 0.727 bits per heavy atom. The second-order valence-corrected chi connectivity index (χ2v) is 15.5. The number of aryl methyl sites for hydroxylation is 2. The molecule has 2 N–H and O–H groups in total. The molecule has 9 nitrogen and oxygen atoms in total. The minimum Gasteiger partial charge on any atom is -0.478 e. The van der Waals surface area contributed by atoms with Crippen LogP contribution in [0.25, 0.3) is 32.9 Å². The average molecular weight is 793 g/mol. The van der Waals surface area contributed by atoms with Gasteiger partial charge in [-0.25, -0.2) is 9.59 Å². The SMILES string of the molecule is Cn1ccc2cc(Cc3ncc(C4CC4)cc3C(=O)O)cc(-c3ccc(C#N)cc3)c21.Cn1ccc2cc(Cc3ncc(C4CC4)cc3C(=O)O)cc(Br)c21. The molecule has 0 unspecified atom stereocenters. The fourth-order valence-electron chi connectivity index (χ4n) is 7.44. The van der Waals surface area contributed by atoms with Crippen LogP contribution in [0, 0.1) is 11.3 Å². The van der Waals surface area contributed by atoms with Crippen molar-refractivity contribution < 1.29 is 19.8 Å². The van der Waals surface area contributed by atoms with Crippen LogP contribution in [0.1, 0.15) is 97.4 Å². The summed E-state index contributed by atoms with van der Waals surface area (Å²) in [4.78, 5) is 32.6. The summed E-state index contributed by atoms with van der Waals surface area (Å²) in [7, 11) is 4.02. The third kappa shape index (κ3) is 7.53. The van der Waals surface area contributed by atoms with Crippen LogP contribution in [0.3, 0.4) is 0 Å². The van der Waals surface area contributed by atoms with E-state index < -0.39 is 11.9 Å². The van der Waals surface area contributed by atoms with Gasteiger partial charge in [0.2, 0.25) is 0 Å². The molecule has 0 amide bonds. The van der Waals surface area contributed by atoms with Gasteiger partial charge in [0.1, 0.15) is 0 Å². The number of aromatic carboxylic acids is 2. The highest BCUT2D eigenvalue weighted by Gasteiger charge is 2.27. The van der Waals surface area contributed by atoms with E-state index >= 15 is 0 Å². The van der Waals surface area contributed by atoms with Crippen LogP contribution >= 0.6 is 15.9 Å². The molecule has 10 heteroatoms. The second kappa shape index (κ2) is 14.6. The van der Waals surface area contributed by atoms with E-state index in [1.54, 1.807) is 12.1 Å². The zero-order valence-corrected chi connectivity index (χ0v) is 32.0. The molecular weight excluding hydrogens is 754 g/mol. The Morgan fingerprint density at radius 2 is 1.22 bits per heavy atom. The Bertz CT molecular complexity index is 2680. The lowest BCUT2D eigenvalue weighted by atomic mass is 9.96. The number of nitrogens with zero attached hydrogens (tertiary/aromatic N) is 5. The van der Waals surface area contributed by atoms with E-state index in [1.807, 2.05) is 69.2 Å². The van der Waals surface area contributed by atoms with E-state index in [1.165, 1.54) is 0 Å². The van der Waals surface area contributed by atoms with E-state index in [4.69, 9.17) is 5.26 Å². The quantitative estimate of drug-likeness (QED) is 0.149. The normalized spacial score (nSPS) is 13.7. The average Bonchev–Trinajstić information content (AvgIpc) is 4.12. The highest BCUT2D eigenvalue weighted by Crippen LogP contribution is 2.41. The van der Waals surface area contributed by atoms with Crippen molar-refractivity contribution in [2.24, 2.45) is 14.1 Å². The summed E-state index contributed by atoms with van der Waals surface area (Å²) < 4.78 is 5.15. The predicted molar refractivity (Wildman–Crippen MR) is 216 cm³/mol. The van der Waals surface area contributed by atoms with Crippen LogP contribution in [0.5, 0.6) is 0 Å². The van der Waals surface area contributed by atoms with E-state index in [0.29, 0.717) is 47.2 Å². The number of aromatic nitrogens is 4. The number of rotatable bonds is 9. The maximum absolute atomic E-state index is 11.9. The molecule has 0 aliphatic heterocycles. The number of fused-ring (bicyclic) bond motifs is 2. The highest BCUT2D eigenvalue weighted by molar-refractivity contribution is 9.10. The van der Waals surface area contributed by atoms with Gasteiger partial charge in [0.25, 0.3) is 0 Å². The molecule has 2 aliphatic carbocycles. The molecule has 274 valence electrons. The topological polar surface area (TPSA) is 134 Å². The third-order valence-corrected chi connectivity index (χ3v) is 11.2. The fraction of sp³-hybridized carbons (Fsp3) is 0.222. The minimum atomic E-state index is -0.932. The Balaban J connectivity index is 0.000000160. The summed E-state index contributed by atoms with van der Waals surface area (Å²) in [6.45, 7) is 0. The Hall–Kier alpha value is -6.05. The lowest BCUT2D eigenvalue weighted by molar-refractivity contribution is 0.0684. The zero-order chi connectivity index (χ0) is 38.4. The molecule has 0 radical (unpaired) electrons. The van der Waals surface area contributed by atoms with E-state index in [9.17, 15) is 19.8 Å². The van der Waals surface area contributed by atoms with Gasteiger partial charge in [-0.1, -0.05) is 12.1 Å². The van der Waals surface area contributed by atoms with Crippen molar-refractivity contribution in [1.29, 1.82) is 5.26 Å². The molecule has 0 saturated heterocycles. The van der Waals surface area contributed by atoms with Crippen LogP contribution in [0.15, 0.2) is 102 Å². The van der Waals surface area contributed by atoms with Gasteiger partial charge in [0.15, 0.2) is 0 Å². The number of nitriles is 1. The number of carboxylic acid groups (broad SMARTS) is 2. The molecule has 4 aromatic heterocycles. The predicted octanol–water partition coefficient (Wildman–Crippen LogP) is 9.78. The number of carbonyl (C=O) groups is 2. The molecule has 7 aromatic rings. The molecular formula is C45H38BrN5O4. The Morgan fingerprint density at radius 3 is 1.71 bits per heavy atom. The molecule has 9 rings (SSSR count). The van der Waals surface area contributed by atoms with Crippen LogP contribution in [-0.2, 0) is 26.9 Å².